The standard InChI is InChI=1S/C16H20F2N2O3/c1-10-8-20(16(2,3)9-23-10)14(21)7-19-15(22)12-5-4-11(17)6-13(12)18/h4-6,10H,7-9H2,1-3H3,(H,19,22)/t10-/m0/s1. The third-order valence-electron chi connectivity index (χ3n) is 3.77. The van der Waals surface area contributed by atoms with Crippen molar-refractivity contribution in [2.75, 3.05) is 19.7 Å². The number of benzene rings is 1. The molecule has 0 aliphatic carbocycles. The zero-order valence-corrected chi connectivity index (χ0v) is 13.4. The van der Waals surface area contributed by atoms with Crippen molar-refractivity contribution in [2.45, 2.75) is 32.4 Å². The first-order valence-electron chi connectivity index (χ1n) is 7.36. The zero-order valence-electron chi connectivity index (χ0n) is 13.4. The van der Waals surface area contributed by atoms with Crippen LogP contribution < -0.4 is 5.32 Å². The molecule has 7 heteroatoms. The average Bonchev–Trinajstić information content (AvgIpc) is 2.47. The predicted octanol–water partition coefficient (Wildman–Crippen LogP) is 1.72. The number of hydrogen-bond acceptors (Lipinski definition) is 3. The highest BCUT2D eigenvalue weighted by Gasteiger charge is 2.36. The summed E-state index contributed by atoms with van der Waals surface area (Å²) in [6, 6.07) is 2.67. The SMILES string of the molecule is C[C@H]1CN(C(=O)CNC(=O)c2ccc(F)cc2F)C(C)(C)CO1. The van der Waals surface area contributed by atoms with Crippen molar-refractivity contribution < 1.29 is 23.1 Å². The van der Waals surface area contributed by atoms with E-state index in [9.17, 15) is 18.4 Å². The van der Waals surface area contributed by atoms with Crippen LogP contribution in [-0.4, -0.2) is 48.1 Å². The van der Waals surface area contributed by atoms with Crippen molar-refractivity contribution in [1.29, 1.82) is 0 Å². The molecule has 0 spiro atoms. The molecule has 1 aliphatic rings. The quantitative estimate of drug-likeness (QED) is 0.920. The zero-order chi connectivity index (χ0) is 17.2. The maximum Gasteiger partial charge on any atom is 0.254 e. The second kappa shape index (κ2) is 6.62. The topological polar surface area (TPSA) is 58.6 Å². The van der Waals surface area contributed by atoms with Gasteiger partial charge in [0.1, 0.15) is 11.6 Å². The van der Waals surface area contributed by atoms with Crippen LogP contribution in [0.3, 0.4) is 0 Å². The Morgan fingerprint density at radius 1 is 1.39 bits per heavy atom. The van der Waals surface area contributed by atoms with Crippen molar-refractivity contribution in [3.8, 4) is 0 Å². The summed E-state index contributed by atoms with van der Waals surface area (Å²) in [4.78, 5) is 25.9. The molecule has 23 heavy (non-hydrogen) atoms. The molecule has 126 valence electrons. The van der Waals surface area contributed by atoms with E-state index >= 15 is 0 Å². The second-order valence-electron chi connectivity index (χ2n) is 6.25. The highest BCUT2D eigenvalue weighted by atomic mass is 19.1. The predicted molar refractivity (Wildman–Crippen MR) is 79.9 cm³/mol. The van der Waals surface area contributed by atoms with Gasteiger partial charge in [0.25, 0.3) is 5.91 Å². The Labute approximate surface area is 133 Å². The lowest BCUT2D eigenvalue weighted by atomic mass is 10.0. The lowest BCUT2D eigenvalue weighted by Gasteiger charge is -2.44. The smallest absolute Gasteiger partial charge is 0.254 e. The van der Waals surface area contributed by atoms with E-state index in [1.54, 1.807) is 4.90 Å². The molecule has 1 heterocycles. The van der Waals surface area contributed by atoms with E-state index in [2.05, 4.69) is 5.32 Å². The number of nitrogens with one attached hydrogen (secondary N) is 1. The highest BCUT2D eigenvalue weighted by molar-refractivity contribution is 5.96. The van der Waals surface area contributed by atoms with Gasteiger partial charge in [-0.05, 0) is 32.9 Å². The molecule has 0 aromatic heterocycles. The van der Waals surface area contributed by atoms with E-state index in [0.29, 0.717) is 19.2 Å². The minimum absolute atomic E-state index is 0.0859. The first-order chi connectivity index (χ1) is 10.7. The van der Waals surface area contributed by atoms with Gasteiger partial charge in [0.15, 0.2) is 0 Å². The van der Waals surface area contributed by atoms with Crippen LogP contribution in [0.15, 0.2) is 18.2 Å². The summed E-state index contributed by atoms with van der Waals surface area (Å²) < 4.78 is 31.9. The van der Waals surface area contributed by atoms with Crippen LogP contribution in [0.2, 0.25) is 0 Å². The minimum Gasteiger partial charge on any atom is -0.374 e. The fourth-order valence-corrected chi connectivity index (χ4v) is 2.44. The van der Waals surface area contributed by atoms with E-state index in [4.69, 9.17) is 4.74 Å². The molecule has 0 saturated carbocycles. The van der Waals surface area contributed by atoms with Gasteiger partial charge in [-0.2, -0.15) is 0 Å². The monoisotopic (exact) mass is 326 g/mol. The van der Waals surface area contributed by atoms with Gasteiger partial charge < -0.3 is 15.0 Å². The second-order valence-corrected chi connectivity index (χ2v) is 6.25. The molecule has 2 rings (SSSR count). The van der Waals surface area contributed by atoms with Crippen LogP contribution in [-0.2, 0) is 9.53 Å². The normalized spacial score (nSPS) is 20.2. The molecular formula is C16H20F2N2O3. The average molecular weight is 326 g/mol. The number of carbonyl (C=O) groups is 2. The third-order valence-corrected chi connectivity index (χ3v) is 3.77. The third kappa shape index (κ3) is 4.04. The summed E-state index contributed by atoms with van der Waals surface area (Å²) in [5, 5.41) is 2.38. The van der Waals surface area contributed by atoms with Crippen LogP contribution in [0.4, 0.5) is 8.78 Å². The molecule has 5 nitrogen and oxygen atoms in total. The highest BCUT2D eigenvalue weighted by Crippen LogP contribution is 2.21. The van der Waals surface area contributed by atoms with Gasteiger partial charge in [-0.25, -0.2) is 8.78 Å². The summed E-state index contributed by atoms with van der Waals surface area (Å²) in [7, 11) is 0. The number of rotatable bonds is 3. The first kappa shape index (κ1) is 17.3. The molecule has 1 atom stereocenters. The maximum absolute atomic E-state index is 13.5. The Hall–Kier alpha value is -2.02. The summed E-state index contributed by atoms with van der Waals surface area (Å²) in [5.74, 6) is -2.76. The van der Waals surface area contributed by atoms with E-state index in [1.807, 2.05) is 20.8 Å². The van der Waals surface area contributed by atoms with Crippen molar-refractivity contribution in [3.05, 3.63) is 35.4 Å². The number of morpholine rings is 1. The van der Waals surface area contributed by atoms with Gasteiger partial charge in [-0.15, -0.1) is 0 Å². The molecule has 2 amide bonds. The first-order valence-corrected chi connectivity index (χ1v) is 7.36. The number of halogens is 2. The molecule has 1 fully saturated rings. The molecule has 0 unspecified atom stereocenters. The van der Waals surface area contributed by atoms with Crippen LogP contribution >= 0.6 is 0 Å². The largest absolute Gasteiger partial charge is 0.374 e. The van der Waals surface area contributed by atoms with E-state index in [0.717, 1.165) is 12.1 Å². The lowest BCUT2D eigenvalue weighted by Crippen LogP contribution is -2.59. The number of carbonyl (C=O) groups excluding carboxylic acids is 2. The Morgan fingerprint density at radius 2 is 2.09 bits per heavy atom. The molecule has 1 N–H and O–H groups in total. The van der Waals surface area contributed by atoms with Gasteiger partial charge in [-0.1, -0.05) is 0 Å². The maximum atomic E-state index is 13.5. The van der Waals surface area contributed by atoms with Gasteiger partial charge >= 0.3 is 0 Å². The Balaban J connectivity index is 1.99. The Bertz CT molecular complexity index is 619. The van der Waals surface area contributed by atoms with Gasteiger partial charge in [0, 0.05) is 12.6 Å². The van der Waals surface area contributed by atoms with Crippen molar-refractivity contribution in [3.63, 3.8) is 0 Å². The van der Waals surface area contributed by atoms with Crippen LogP contribution in [0.5, 0.6) is 0 Å². The molecular weight excluding hydrogens is 306 g/mol. The van der Waals surface area contributed by atoms with Gasteiger partial charge in [0.2, 0.25) is 5.91 Å². The molecule has 0 bridgehead atoms. The van der Waals surface area contributed by atoms with Crippen molar-refractivity contribution in [1.82, 2.24) is 10.2 Å². The molecule has 1 saturated heterocycles. The van der Waals surface area contributed by atoms with Crippen LogP contribution in [0.1, 0.15) is 31.1 Å². The fourth-order valence-electron chi connectivity index (χ4n) is 2.44. The van der Waals surface area contributed by atoms with Crippen LogP contribution in [0, 0.1) is 11.6 Å². The molecule has 0 radical (unpaired) electrons. The van der Waals surface area contributed by atoms with Crippen LogP contribution in [0.25, 0.3) is 0 Å². The molecule has 1 aliphatic heterocycles. The fraction of sp³-hybridized carbons (Fsp3) is 0.500. The summed E-state index contributed by atoms with van der Waals surface area (Å²) in [5.41, 5.74) is -0.774. The number of amides is 2. The summed E-state index contributed by atoms with van der Waals surface area (Å²) in [6.07, 6.45) is -0.0859. The number of nitrogens with zero attached hydrogens (tertiary/aromatic N) is 1. The van der Waals surface area contributed by atoms with E-state index in [-0.39, 0.29) is 24.1 Å². The van der Waals surface area contributed by atoms with E-state index in [1.165, 1.54) is 0 Å². The van der Waals surface area contributed by atoms with Crippen molar-refractivity contribution >= 4 is 11.8 Å². The van der Waals surface area contributed by atoms with Gasteiger partial charge in [-0.3, -0.25) is 9.59 Å². The summed E-state index contributed by atoms with van der Waals surface area (Å²) in [6.45, 7) is 6.18. The molecule has 1 aromatic rings. The van der Waals surface area contributed by atoms with E-state index < -0.39 is 23.1 Å². The lowest BCUT2D eigenvalue weighted by molar-refractivity contribution is -0.151. The summed E-state index contributed by atoms with van der Waals surface area (Å²) >= 11 is 0. The minimum atomic E-state index is -0.963. The van der Waals surface area contributed by atoms with Gasteiger partial charge in [0.05, 0.1) is 30.4 Å². The Kier molecular flexibility index (Phi) is 4.99. The van der Waals surface area contributed by atoms with Crippen molar-refractivity contribution in [2.24, 2.45) is 0 Å². The number of ether oxygens (including phenoxy) is 1. The number of hydrogen-bond donors (Lipinski definition) is 1. The molecule has 1 aromatic carbocycles. The Morgan fingerprint density at radius 3 is 2.74 bits per heavy atom.